The minimum absolute atomic E-state index is 0.187. The number of carbonyl (C=O) groups is 1. The number of hydrogen-bond donors (Lipinski definition) is 2. The monoisotopic (exact) mass is 238 g/mol. The standard InChI is InChI=1S/C14H26N2O/c1-9-4-5-11(10(9)2)12-6-7-16-8-13(12)14(17)15-3/h9-13,16H,4-8H2,1-3H3,(H,15,17)/t9-,10-,11+,12?,13?/m1/s1. The summed E-state index contributed by atoms with van der Waals surface area (Å²) in [5, 5.41) is 6.20. The van der Waals surface area contributed by atoms with E-state index in [2.05, 4.69) is 24.5 Å². The summed E-state index contributed by atoms with van der Waals surface area (Å²) in [5.41, 5.74) is 0. The predicted octanol–water partition coefficient (Wildman–Crippen LogP) is 1.64. The first-order valence-electron chi connectivity index (χ1n) is 7.07. The largest absolute Gasteiger partial charge is 0.359 e. The van der Waals surface area contributed by atoms with E-state index in [4.69, 9.17) is 0 Å². The Morgan fingerprint density at radius 2 is 1.94 bits per heavy atom. The van der Waals surface area contributed by atoms with E-state index in [1.807, 2.05) is 0 Å². The number of piperidine rings is 1. The molecule has 2 N–H and O–H groups in total. The SMILES string of the molecule is CNC(=O)C1CNCCC1[C@H]1CC[C@@H](C)[C@H]1C. The first kappa shape index (κ1) is 12.9. The topological polar surface area (TPSA) is 41.1 Å². The van der Waals surface area contributed by atoms with Gasteiger partial charge in [-0.3, -0.25) is 4.79 Å². The van der Waals surface area contributed by atoms with Crippen LogP contribution in [0, 0.1) is 29.6 Å². The van der Waals surface area contributed by atoms with Crippen LogP contribution in [0.3, 0.4) is 0 Å². The van der Waals surface area contributed by atoms with Crippen molar-refractivity contribution >= 4 is 5.91 Å². The van der Waals surface area contributed by atoms with E-state index in [-0.39, 0.29) is 11.8 Å². The molecule has 1 aliphatic carbocycles. The van der Waals surface area contributed by atoms with Crippen LogP contribution < -0.4 is 10.6 Å². The molecule has 2 fully saturated rings. The van der Waals surface area contributed by atoms with Crippen molar-refractivity contribution in [3.8, 4) is 0 Å². The smallest absolute Gasteiger partial charge is 0.224 e. The molecule has 1 saturated carbocycles. The molecule has 2 rings (SSSR count). The Labute approximate surface area is 105 Å². The molecule has 3 heteroatoms. The van der Waals surface area contributed by atoms with Crippen LogP contribution in [-0.2, 0) is 4.79 Å². The molecule has 0 bridgehead atoms. The van der Waals surface area contributed by atoms with Crippen molar-refractivity contribution in [2.75, 3.05) is 20.1 Å². The first-order chi connectivity index (χ1) is 8.15. The summed E-state index contributed by atoms with van der Waals surface area (Å²) in [6, 6.07) is 0. The van der Waals surface area contributed by atoms with Gasteiger partial charge in [0.1, 0.15) is 0 Å². The summed E-state index contributed by atoms with van der Waals surface area (Å²) in [4.78, 5) is 12.0. The van der Waals surface area contributed by atoms with Crippen molar-refractivity contribution in [3.63, 3.8) is 0 Å². The summed E-state index contributed by atoms with van der Waals surface area (Å²) >= 11 is 0. The van der Waals surface area contributed by atoms with Crippen molar-refractivity contribution in [1.29, 1.82) is 0 Å². The zero-order valence-corrected chi connectivity index (χ0v) is 11.3. The molecule has 0 aromatic carbocycles. The van der Waals surface area contributed by atoms with Gasteiger partial charge in [0.15, 0.2) is 0 Å². The highest BCUT2D eigenvalue weighted by Crippen LogP contribution is 2.44. The van der Waals surface area contributed by atoms with E-state index in [1.54, 1.807) is 7.05 Å². The normalized spacial score (nSPS) is 42.4. The van der Waals surface area contributed by atoms with Gasteiger partial charge in [-0.1, -0.05) is 20.3 Å². The predicted molar refractivity (Wildman–Crippen MR) is 69.6 cm³/mol. The lowest BCUT2D eigenvalue weighted by Gasteiger charge is -2.37. The van der Waals surface area contributed by atoms with Gasteiger partial charge in [-0.2, -0.15) is 0 Å². The molecule has 98 valence electrons. The van der Waals surface area contributed by atoms with Gasteiger partial charge in [0.2, 0.25) is 5.91 Å². The number of amides is 1. The third-order valence-electron chi connectivity index (χ3n) is 5.20. The van der Waals surface area contributed by atoms with Crippen LogP contribution in [-0.4, -0.2) is 26.0 Å². The lowest BCUT2D eigenvalue weighted by atomic mass is 9.72. The summed E-state index contributed by atoms with van der Waals surface area (Å²) in [6.07, 6.45) is 3.83. The van der Waals surface area contributed by atoms with Gasteiger partial charge >= 0.3 is 0 Å². The fraction of sp³-hybridized carbons (Fsp3) is 0.929. The molecule has 2 aliphatic rings. The second-order valence-corrected chi connectivity index (χ2v) is 5.96. The van der Waals surface area contributed by atoms with E-state index >= 15 is 0 Å². The van der Waals surface area contributed by atoms with Gasteiger partial charge in [0, 0.05) is 13.6 Å². The van der Waals surface area contributed by atoms with Gasteiger partial charge in [-0.15, -0.1) is 0 Å². The Morgan fingerprint density at radius 1 is 1.18 bits per heavy atom. The number of hydrogen-bond acceptors (Lipinski definition) is 2. The van der Waals surface area contributed by atoms with Crippen LogP contribution in [0.25, 0.3) is 0 Å². The van der Waals surface area contributed by atoms with Gasteiger partial charge in [0.05, 0.1) is 5.92 Å². The molecular weight excluding hydrogens is 212 g/mol. The van der Waals surface area contributed by atoms with Crippen LogP contribution in [0.15, 0.2) is 0 Å². The van der Waals surface area contributed by atoms with Crippen molar-refractivity contribution in [3.05, 3.63) is 0 Å². The van der Waals surface area contributed by atoms with Crippen molar-refractivity contribution in [1.82, 2.24) is 10.6 Å². The molecule has 0 radical (unpaired) electrons. The molecule has 17 heavy (non-hydrogen) atoms. The zero-order chi connectivity index (χ0) is 12.4. The minimum atomic E-state index is 0.187. The fourth-order valence-corrected chi connectivity index (χ4v) is 3.87. The van der Waals surface area contributed by atoms with Crippen molar-refractivity contribution in [2.24, 2.45) is 29.6 Å². The van der Waals surface area contributed by atoms with Crippen LogP contribution in [0.5, 0.6) is 0 Å². The first-order valence-corrected chi connectivity index (χ1v) is 7.07. The van der Waals surface area contributed by atoms with Crippen molar-refractivity contribution < 1.29 is 4.79 Å². The third-order valence-corrected chi connectivity index (χ3v) is 5.20. The molecule has 0 aromatic heterocycles. The molecule has 1 aliphatic heterocycles. The molecule has 0 aromatic rings. The summed E-state index contributed by atoms with van der Waals surface area (Å²) in [5.74, 6) is 3.39. The van der Waals surface area contributed by atoms with Gasteiger partial charge in [-0.25, -0.2) is 0 Å². The Morgan fingerprint density at radius 3 is 2.53 bits per heavy atom. The van der Waals surface area contributed by atoms with E-state index in [1.165, 1.54) is 19.3 Å². The summed E-state index contributed by atoms with van der Waals surface area (Å²) in [6.45, 7) is 6.68. The molecule has 0 spiro atoms. The van der Waals surface area contributed by atoms with Gasteiger partial charge < -0.3 is 10.6 Å². The van der Waals surface area contributed by atoms with Crippen LogP contribution >= 0.6 is 0 Å². The van der Waals surface area contributed by atoms with Crippen LogP contribution in [0.4, 0.5) is 0 Å². The molecule has 1 heterocycles. The third kappa shape index (κ3) is 2.49. The maximum atomic E-state index is 12.0. The van der Waals surface area contributed by atoms with E-state index in [0.717, 1.165) is 30.8 Å². The highest BCUT2D eigenvalue weighted by Gasteiger charge is 2.41. The van der Waals surface area contributed by atoms with Crippen LogP contribution in [0.2, 0.25) is 0 Å². The second kappa shape index (κ2) is 5.38. The average Bonchev–Trinajstić information content (AvgIpc) is 2.69. The number of carbonyl (C=O) groups excluding carboxylic acids is 1. The van der Waals surface area contributed by atoms with E-state index < -0.39 is 0 Å². The van der Waals surface area contributed by atoms with Gasteiger partial charge in [0.25, 0.3) is 0 Å². The summed E-state index contributed by atoms with van der Waals surface area (Å²) < 4.78 is 0. The second-order valence-electron chi connectivity index (χ2n) is 5.96. The highest BCUT2D eigenvalue weighted by atomic mass is 16.1. The maximum absolute atomic E-state index is 12.0. The number of nitrogens with one attached hydrogen (secondary N) is 2. The molecule has 1 amide bonds. The molecule has 3 nitrogen and oxygen atoms in total. The quantitative estimate of drug-likeness (QED) is 0.768. The van der Waals surface area contributed by atoms with E-state index in [9.17, 15) is 4.79 Å². The van der Waals surface area contributed by atoms with E-state index in [0.29, 0.717) is 5.92 Å². The highest BCUT2D eigenvalue weighted by molar-refractivity contribution is 5.79. The Hall–Kier alpha value is -0.570. The molecule has 5 atom stereocenters. The molecule has 1 saturated heterocycles. The lowest BCUT2D eigenvalue weighted by molar-refractivity contribution is -0.127. The minimum Gasteiger partial charge on any atom is -0.359 e. The fourth-order valence-electron chi connectivity index (χ4n) is 3.87. The summed E-state index contributed by atoms with van der Waals surface area (Å²) in [7, 11) is 1.76. The van der Waals surface area contributed by atoms with Crippen molar-refractivity contribution in [2.45, 2.75) is 33.1 Å². The molecular formula is C14H26N2O. The lowest BCUT2D eigenvalue weighted by Crippen LogP contribution is -2.47. The Bertz CT molecular complexity index is 279. The average molecular weight is 238 g/mol. The Kier molecular flexibility index (Phi) is 4.08. The van der Waals surface area contributed by atoms with Crippen LogP contribution in [0.1, 0.15) is 33.1 Å². The van der Waals surface area contributed by atoms with Gasteiger partial charge in [-0.05, 0) is 43.1 Å². The Balaban J connectivity index is 2.08. The maximum Gasteiger partial charge on any atom is 0.224 e. The zero-order valence-electron chi connectivity index (χ0n) is 11.3. The molecule has 2 unspecified atom stereocenters. The number of rotatable bonds is 2.